The van der Waals surface area contributed by atoms with Crippen molar-refractivity contribution in [1.29, 1.82) is 0 Å². The van der Waals surface area contributed by atoms with Crippen LogP contribution in [0.3, 0.4) is 0 Å². The van der Waals surface area contributed by atoms with Gasteiger partial charge in [-0.1, -0.05) is 41.4 Å². The highest BCUT2D eigenvalue weighted by atomic mass is 35.5. The summed E-state index contributed by atoms with van der Waals surface area (Å²) in [5.74, 6) is -1.00. The lowest BCUT2D eigenvalue weighted by molar-refractivity contribution is -0.149. The molecule has 0 heterocycles. The molecule has 8 heteroatoms. The predicted molar refractivity (Wildman–Crippen MR) is 103 cm³/mol. The smallest absolute Gasteiger partial charge is 0.312 e. The van der Waals surface area contributed by atoms with Crippen LogP contribution in [0.5, 0.6) is 5.75 Å². The standard InChI is InChI=1S/C20H19Cl2NO5/c1-27-19(25)20(10-16(20)18(24)23-26)9-12-2-6-15(7-3-12)28-11-13-4-5-14(21)8-17(13)22/h2-8,16,26H,9-11H2,1H3,(H,23,24)/t16-,20+/m1/s1. The highest BCUT2D eigenvalue weighted by Crippen LogP contribution is 2.55. The molecule has 0 saturated heterocycles. The molecule has 1 amide bonds. The largest absolute Gasteiger partial charge is 0.489 e. The Morgan fingerprint density at radius 1 is 1.21 bits per heavy atom. The monoisotopic (exact) mass is 423 g/mol. The van der Waals surface area contributed by atoms with E-state index in [2.05, 4.69) is 0 Å². The average molecular weight is 424 g/mol. The molecule has 148 valence electrons. The summed E-state index contributed by atoms with van der Waals surface area (Å²) in [4.78, 5) is 23.9. The first-order chi connectivity index (χ1) is 13.4. The number of amides is 1. The molecule has 1 fully saturated rings. The second kappa shape index (κ2) is 8.39. The summed E-state index contributed by atoms with van der Waals surface area (Å²) in [7, 11) is 1.29. The average Bonchev–Trinajstić information content (AvgIpc) is 3.42. The van der Waals surface area contributed by atoms with E-state index in [-0.39, 0.29) is 0 Å². The number of halogens is 2. The Labute approximate surface area is 172 Å². The van der Waals surface area contributed by atoms with Crippen LogP contribution in [0, 0.1) is 11.3 Å². The van der Waals surface area contributed by atoms with Gasteiger partial charge in [0.2, 0.25) is 5.91 Å². The third-order valence-corrected chi connectivity index (χ3v) is 5.53. The summed E-state index contributed by atoms with van der Waals surface area (Å²) in [6.07, 6.45) is 0.667. The topological polar surface area (TPSA) is 84.9 Å². The lowest BCUT2D eigenvalue weighted by Gasteiger charge is -2.15. The number of hydrogen-bond acceptors (Lipinski definition) is 5. The minimum atomic E-state index is -0.944. The van der Waals surface area contributed by atoms with E-state index in [0.717, 1.165) is 11.1 Å². The Morgan fingerprint density at radius 2 is 1.93 bits per heavy atom. The number of rotatable bonds is 7. The van der Waals surface area contributed by atoms with Crippen molar-refractivity contribution in [3.05, 3.63) is 63.6 Å². The van der Waals surface area contributed by atoms with Crippen molar-refractivity contribution in [2.45, 2.75) is 19.4 Å². The number of ether oxygens (including phenoxy) is 2. The molecular formula is C20H19Cl2NO5. The highest BCUT2D eigenvalue weighted by Gasteiger charge is 2.64. The molecule has 0 bridgehead atoms. The summed E-state index contributed by atoms with van der Waals surface area (Å²) in [5.41, 5.74) is 2.34. The van der Waals surface area contributed by atoms with Gasteiger partial charge in [-0.25, -0.2) is 5.48 Å². The van der Waals surface area contributed by atoms with Gasteiger partial charge in [0, 0.05) is 15.6 Å². The quantitative estimate of drug-likeness (QED) is 0.401. The summed E-state index contributed by atoms with van der Waals surface area (Å²) < 4.78 is 10.6. The van der Waals surface area contributed by atoms with E-state index in [1.54, 1.807) is 35.8 Å². The Morgan fingerprint density at radius 3 is 2.54 bits per heavy atom. The highest BCUT2D eigenvalue weighted by molar-refractivity contribution is 6.35. The molecule has 2 aromatic rings. The molecule has 1 saturated carbocycles. The van der Waals surface area contributed by atoms with Gasteiger partial charge in [-0.2, -0.15) is 0 Å². The first-order valence-corrected chi connectivity index (χ1v) is 9.33. The Hall–Kier alpha value is -2.28. The maximum Gasteiger partial charge on any atom is 0.312 e. The zero-order valence-electron chi connectivity index (χ0n) is 15.1. The van der Waals surface area contributed by atoms with E-state index in [4.69, 9.17) is 37.9 Å². The molecule has 1 aliphatic rings. The maximum atomic E-state index is 12.2. The fraction of sp³-hybridized carbons (Fsp3) is 0.300. The molecule has 0 radical (unpaired) electrons. The molecule has 2 aromatic carbocycles. The van der Waals surface area contributed by atoms with E-state index < -0.39 is 23.2 Å². The first-order valence-electron chi connectivity index (χ1n) is 8.57. The molecule has 2 atom stereocenters. The van der Waals surface area contributed by atoms with Gasteiger partial charge in [-0.3, -0.25) is 14.8 Å². The molecule has 3 rings (SSSR count). The number of benzene rings is 2. The van der Waals surface area contributed by atoms with Gasteiger partial charge in [-0.15, -0.1) is 0 Å². The van der Waals surface area contributed by atoms with Crippen LogP contribution in [0.4, 0.5) is 0 Å². The lowest BCUT2D eigenvalue weighted by Crippen LogP contribution is -2.30. The van der Waals surface area contributed by atoms with Gasteiger partial charge in [0.15, 0.2) is 0 Å². The summed E-state index contributed by atoms with van der Waals surface area (Å²) in [6, 6.07) is 12.4. The molecule has 1 aliphatic carbocycles. The fourth-order valence-corrected chi connectivity index (χ4v) is 3.75. The van der Waals surface area contributed by atoms with Gasteiger partial charge >= 0.3 is 5.97 Å². The number of hydroxylamine groups is 1. The zero-order valence-corrected chi connectivity index (χ0v) is 16.6. The van der Waals surface area contributed by atoms with Crippen molar-refractivity contribution in [2.75, 3.05) is 7.11 Å². The van der Waals surface area contributed by atoms with Crippen LogP contribution >= 0.6 is 23.2 Å². The summed E-state index contributed by atoms with van der Waals surface area (Å²) in [5, 5.41) is 9.93. The summed E-state index contributed by atoms with van der Waals surface area (Å²) in [6.45, 7) is 0.292. The molecule has 0 aromatic heterocycles. The molecule has 6 nitrogen and oxygen atoms in total. The number of nitrogens with one attached hydrogen (secondary N) is 1. The van der Waals surface area contributed by atoms with Gasteiger partial charge < -0.3 is 9.47 Å². The van der Waals surface area contributed by atoms with Crippen molar-refractivity contribution in [3.63, 3.8) is 0 Å². The Balaban J connectivity index is 1.65. The number of carbonyl (C=O) groups is 2. The third-order valence-electron chi connectivity index (χ3n) is 4.95. The minimum Gasteiger partial charge on any atom is -0.489 e. The van der Waals surface area contributed by atoms with Gasteiger partial charge in [0.1, 0.15) is 12.4 Å². The summed E-state index contributed by atoms with van der Waals surface area (Å²) >= 11 is 12.0. The SMILES string of the molecule is COC(=O)[C@@]1(Cc2ccc(OCc3ccc(Cl)cc3Cl)cc2)C[C@@H]1C(=O)NO. The number of hydrogen-bond donors (Lipinski definition) is 2. The van der Waals surface area contributed by atoms with Crippen LogP contribution in [-0.2, 0) is 27.4 Å². The van der Waals surface area contributed by atoms with Crippen molar-refractivity contribution in [1.82, 2.24) is 5.48 Å². The number of carbonyl (C=O) groups excluding carboxylic acids is 2. The van der Waals surface area contributed by atoms with Crippen LogP contribution in [0.2, 0.25) is 10.0 Å². The Kier molecular flexibility index (Phi) is 6.13. The van der Waals surface area contributed by atoms with E-state index in [1.165, 1.54) is 7.11 Å². The maximum absolute atomic E-state index is 12.2. The van der Waals surface area contributed by atoms with Gasteiger partial charge in [0.25, 0.3) is 0 Å². The molecule has 0 unspecified atom stereocenters. The Bertz CT molecular complexity index is 887. The van der Waals surface area contributed by atoms with E-state index >= 15 is 0 Å². The normalized spacial score (nSPS) is 20.4. The number of esters is 1. The van der Waals surface area contributed by atoms with E-state index in [0.29, 0.717) is 35.2 Å². The van der Waals surface area contributed by atoms with Crippen molar-refractivity contribution in [2.24, 2.45) is 11.3 Å². The van der Waals surface area contributed by atoms with Crippen molar-refractivity contribution >= 4 is 35.1 Å². The van der Waals surface area contributed by atoms with Gasteiger partial charge in [-0.05, 0) is 42.7 Å². The number of methoxy groups -OCH3 is 1. The molecule has 0 spiro atoms. The molecular weight excluding hydrogens is 405 g/mol. The molecule has 28 heavy (non-hydrogen) atoms. The van der Waals surface area contributed by atoms with Crippen LogP contribution in [0.1, 0.15) is 17.5 Å². The zero-order chi connectivity index (χ0) is 20.3. The third kappa shape index (κ3) is 4.24. The molecule has 2 N–H and O–H groups in total. The van der Waals surface area contributed by atoms with E-state index in [9.17, 15) is 9.59 Å². The van der Waals surface area contributed by atoms with Crippen LogP contribution in [-0.4, -0.2) is 24.2 Å². The second-order valence-corrected chi connectivity index (χ2v) is 7.57. The van der Waals surface area contributed by atoms with E-state index in [1.807, 2.05) is 12.1 Å². The predicted octanol–water partition coefficient (Wildman–Crippen LogP) is 3.80. The minimum absolute atomic E-state index is 0.292. The lowest BCUT2D eigenvalue weighted by atomic mass is 9.93. The second-order valence-electron chi connectivity index (χ2n) is 6.73. The first kappa shape index (κ1) is 20.5. The molecule has 0 aliphatic heterocycles. The van der Waals surface area contributed by atoms with Crippen molar-refractivity contribution in [3.8, 4) is 5.75 Å². The van der Waals surface area contributed by atoms with Crippen LogP contribution in [0.15, 0.2) is 42.5 Å². The fourth-order valence-electron chi connectivity index (χ4n) is 3.29. The van der Waals surface area contributed by atoms with Crippen molar-refractivity contribution < 1.29 is 24.3 Å². The van der Waals surface area contributed by atoms with Crippen LogP contribution in [0.25, 0.3) is 0 Å². The van der Waals surface area contributed by atoms with Crippen LogP contribution < -0.4 is 10.2 Å². The van der Waals surface area contributed by atoms with Gasteiger partial charge in [0.05, 0.1) is 18.4 Å².